The number of ether oxygens (including phenoxy) is 3. The Morgan fingerprint density at radius 3 is 2.45 bits per heavy atom. The standard InChI is InChI=1S/C17H18O5/c1-9-10(2)17(22-5)14(18)13-11(7-6-8-12(13)20-3)16(17,19)15(9)21-4/h6-8,15,19H,1-2H2,3-5H3/t15-,16-,17-/m0/s1. The van der Waals surface area contributed by atoms with Gasteiger partial charge in [0.15, 0.2) is 11.2 Å². The summed E-state index contributed by atoms with van der Waals surface area (Å²) in [6, 6.07) is 5.06. The quantitative estimate of drug-likeness (QED) is 0.919. The summed E-state index contributed by atoms with van der Waals surface area (Å²) in [6.45, 7) is 7.84. The number of aliphatic hydroxyl groups is 1. The number of hydrogen-bond donors (Lipinski definition) is 1. The highest BCUT2D eigenvalue weighted by Gasteiger charge is 2.74. The fourth-order valence-corrected chi connectivity index (χ4v) is 3.81. The van der Waals surface area contributed by atoms with Crippen LogP contribution >= 0.6 is 0 Å². The number of rotatable bonds is 3. The molecule has 5 heteroatoms. The van der Waals surface area contributed by atoms with Crippen LogP contribution in [0.5, 0.6) is 5.75 Å². The van der Waals surface area contributed by atoms with Crippen molar-refractivity contribution in [1.82, 2.24) is 0 Å². The van der Waals surface area contributed by atoms with Crippen molar-refractivity contribution in [3.63, 3.8) is 0 Å². The first kappa shape index (κ1) is 15.0. The second-order valence-corrected chi connectivity index (χ2v) is 5.48. The van der Waals surface area contributed by atoms with E-state index in [0.717, 1.165) is 0 Å². The van der Waals surface area contributed by atoms with E-state index in [1.54, 1.807) is 18.2 Å². The molecule has 0 radical (unpaired) electrons. The van der Waals surface area contributed by atoms with Crippen LogP contribution in [0.1, 0.15) is 15.9 Å². The van der Waals surface area contributed by atoms with Crippen molar-refractivity contribution in [2.45, 2.75) is 17.3 Å². The van der Waals surface area contributed by atoms with Crippen molar-refractivity contribution in [3.8, 4) is 5.75 Å². The largest absolute Gasteiger partial charge is 0.496 e. The molecular formula is C17H18O5. The van der Waals surface area contributed by atoms with Crippen LogP contribution < -0.4 is 4.74 Å². The van der Waals surface area contributed by atoms with E-state index in [9.17, 15) is 9.90 Å². The summed E-state index contributed by atoms with van der Waals surface area (Å²) in [7, 11) is 4.30. The highest BCUT2D eigenvalue weighted by Crippen LogP contribution is 2.61. The van der Waals surface area contributed by atoms with Gasteiger partial charge in [-0.2, -0.15) is 0 Å². The van der Waals surface area contributed by atoms with Gasteiger partial charge in [-0.1, -0.05) is 25.3 Å². The molecule has 2 aliphatic carbocycles. The molecule has 0 unspecified atom stereocenters. The molecule has 116 valence electrons. The third-order valence-electron chi connectivity index (χ3n) is 4.79. The van der Waals surface area contributed by atoms with Gasteiger partial charge in [0, 0.05) is 19.8 Å². The number of carbonyl (C=O) groups excluding carboxylic acids is 1. The maximum Gasteiger partial charge on any atom is 0.206 e. The van der Waals surface area contributed by atoms with Crippen LogP contribution in [0.2, 0.25) is 0 Å². The molecule has 0 aliphatic heterocycles. The molecule has 0 saturated heterocycles. The summed E-state index contributed by atoms with van der Waals surface area (Å²) in [6.07, 6.45) is -0.822. The second kappa shape index (κ2) is 4.52. The second-order valence-electron chi connectivity index (χ2n) is 5.48. The first-order valence-electron chi connectivity index (χ1n) is 6.82. The minimum absolute atomic E-state index is 0.296. The first-order valence-corrected chi connectivity index (χ1v) is 6.82. The molecule has 0 aromatic heterocycles. The number of fused-ring (bicyclic) bond motifs is 3. The highest BCUT2D eigenvalue weighted by atomic mass is 16.5. The molecule has 5 nitrogen and oxygen atoms in total. The Kier molecular flexibility index (Phi) is 3.08. The zero-order valence-electron chi connectivity index (χ0n) is 12.8. The molecule has 3 rings (SSSR count). The van der Waals surface area contributed by atoms with Crippen LogP contribution in [0.3, 0.4) is 0 Å². The van der Waals surface area contributed by atoms with Crippen molar-refractivity contribution < 1.29 is 24.1 Å². The van der Waals surface area contributed by atoms with E-state index in [0.29, 0.717) is 28.0 Å². The van der Waals surface area contributed by atoms with Crippen LogP contribution in [-0.4, -0.2) is 43.9 Å². The molecule has 1 fully saturated rings. The van der Waals surface area contributed by atoms with E-state index >= 15 is 0 Å². The van der Waals surface area contributed by atoms with Crippen LogP contribution in [0.4, 0.5) is 0 Å². The maximum atomic E-state index is 13.1. The maximum absolute atomic E-state index is 13.1. The van der Waals surface area contributed by atoms with Crippen LogP contribution in [0.15, 0.2) is 42.5 Å². The molecule has 2 aliphatic rings. The SMILES string of the molecule is C=C1C(=C)[C@]2(OC)C(=O)c3c(OC)cccc3[C@]2(O)[C@H]1OC. The predicted molar refractivity (Wildman–Crippen MR) is 80.0 cm³/mol. The minimum atomic E-state index is -1.72. The van der Waals surface area contributed by atoms with E-state index in [1.165, 1.54) is 21.3 Å². The number of methoxy groups -OCH3 is 3. The van der Waals surface area contributed by atoms with Gasteiger partial charge < -0.3 is 19.3 Å². The van der Waals surface area contributed by atoms with E-state index in [2.05, 4.69) is 13.2 Å². The van der Waals surface area contributed by atoms with Gasteiger partial charge in [-0.25, -0.2) is 0 Å². The van der Waals surface area contributed by atoms with Crippen LogP contribution in [0.25, 0.3) is 0 Å². The Hall–Kier alpha value is -1.95. The summed E-state index contributed by atoms with van der Waals surface area (Å²) in [5.74, 6) is -0.00864. The van der Waals surface area contributed by atoms with Gasteiger partial charge in [0.25, 0.3) is 0 Å². The Labute approximate surface area is 128 Å². The third-order valence-corrected chi connectivity index (χ3v) is 4.79. The molecule has 1 aromatic carbocycles. The minimum Gasteiger partial charge on any atom is -0.496 e. The van der Waals surface area contributed by atoms with E-state index < -0.39 is 23.1 Å². The van der Waals surface area contributed by atoms with Gasteiger partial charge in [0.2, 0.25) is 5.78 Å². The lowest BCUT2D eigenvalue weighted by atomic mass is 9.83. The Morgan fingerprint density at radius 1 is 1.23 bits per heavy atom. The Bertz CT molecular complexity index is 707. The number of ketones is 1. The highest BCUT2D eigenvalue weighted by molar-refractivity contribution is 6.14. The molecule has 1 aromatic rings. The zero-order valence-corrected chi connectivity index (χ0v) is 12.8. The van der Waals surface area contributed by atoms with Crippen molar-refractivity contribution in [1.29, 1.82) is 0 Å². The lowest BCUT2D eigenvalue weighted by molar-refractivity contribution is -0.155. The number of carbonyl (C=O) groups is 1. The number of benzene rings is 1. The molecule has 22 heavy (non-hydrogen) atoms. The van der Waals surface area contributed by atoms with Crippen molar-refractivity contribution in [2.24, 2.45) is 0 Å². The van der Waals surface area contributed by atoms with Crippen molar-refractivity contribution >= 4 is 5.78 Å². The molecule has 1 N–H and O–H groups in total. The summed E-state index contributed by atoms with van der Waals surface area (Å²) in [4.78, 5) is 13.1. The average Bonchev–Trinajstić information content (AvgIpc) is 2.83. The summed E-state index contributed by atoms with van der Waals surface area (Å²) < 4.78 is 16.2. The molecule has 1 saturated carbocycles. The van der Waals surface area contributed by atoms with Crippen molar-refractivity contribution in [3.05, 3.63) is 53.6 Å². The molecule has 3 atom stereocenters. The fourth-order valence-electron chi connectivity index (χ4n) is 3.81. The van der Waals surface area contributed by atoms with E-state index in [-0.39, 0.29) is 0 Å². The topological polar surface area (TPSA) is 65.0 Å². The Balaban J connectivity index is 2.42. The lowest BCUT2D eigenvalue weighted by Gasteiger charge is -2.36. The van der Waals surface area contributed by atoms with E-state index in [4.69, 9.17) is 14.2 Å². The third kappa shape index (κ3) is 1.28. The zero-order chi connectivity index (χ0) is 16.3. The smallest absolute Gasteiger partial charge is 0.206 e. The fraction of sp³-hybridized carbons (Fsp3) is 0.353. The summed E-state index contributed by atoms with van der Waals surface area (Å²) >= 11 is 0. The van der Waals surface area contributed by atoms with Gasteiger partial charge in [-0.3, -0.25) is 4.79 Å². The van der Waals surface area contributed by atoms with E-state index in [1.807, 2.05) is 0 Å². The molecule has 0 bridgehead atoms. The van der Waals surface area contributed by atoms with Crippen LogP contribution in [0, 0.1) is 0 Å². The molecular weight excluding hydrogens is 284 g/mol. The van der Waals surface area contributed by atoms with Crippen molar-refractivity contribution in [2.75, 3.05) is 21.3 Å². The van der Waals surface area contributed by atoms with Gasteiger partial charge in [-0.15, -0.1) is 0 Å². The van der Waals surface area contributed by atoms with Gasteiger partial charge in [0.1, 0.15) is 11.9 Å². The molecule has 0 spiro atoms. The predicted octanol–water partition coefficient (Wildman–Crippen LogP) is 1.61. The van der Waals surface area contributed by atoms with Gasteiger partial charge >= 0.3 is 0 Å². The number of hydrogen-bond acceptors (Lipinski definition) is 5. The normalized spacial score (nSPS) is 33.1. The molecule has 0 heterocycles. The van der Waals surface area contributed by atoms with Gasteiger partial charge in [-0.05, 0) is 17.2 Å². The monoisotopic (exact) mass is 302 g/mol. The molecule has 0 amide bonds. The summed E-state index contributed by atoms with van der Waals surface area (Å²) in [5.41, 5.74) is -1.87. The summed E-state index contributed by atoms with van der Waals surface area (Å²) in [5, 5.41) is 11.5. The Morgan fingerprint density at radius 2 is 1.91 bits per heavy atom. The lowest BCUT2D eigenvalue weighted by Crippen LogP contribution is -2.54. The number of Topliss-reactive ketones (excluding diaryl/α,β-unsaturated/α-hetero) is 1. The average molecular weight is 302 g/mol. The van der Waals surface area contributed by atoms with Gasteiger partial charge in [0.05, 0.1) is 12.7 Å². The van der Waals surface area contributed by atoms with Crippen LogP contribution in [-0.2, 0) is 15.1 Å². The first-order chi connectivity index (χ1) is 10.4.